The number of nitrogens with zero attached hydrogens (tertiary/aromatic N) is 1. The second kappa shape index (κ2) is 7.77. The largest absolute Gasteiger partial charge is 0.488 e. The fourth-order valence-corrected chi connectivity index (χ4v) is 3.04. The minimum atomic E-state index is -0.522. The molecule has 1 unspecified atom stereocenters. The summed E-state index contributed by atoms with van der Waals surface area (Å²) in [6, 6.07) is 16.1. The van der Waals surface area contributed by atoms with E-state index in [0.717, 1.165) is 33.0 Å². The molecule has 1 heterocycles. The van der Waals surface area contributed by atoms with E-state index in [1.807, 2.05) is 49.5 Å². The lowest BCUT2D eigenvalue weighted by atomic mass is 10.1. The number of pyridine rings is 1. The molecule has 124 valence electrons. The minimum absolute atomic E-state index is 0.269. The van der Waals surface area contributed by atoms with Crippen molar-refractivity contribution >= 4 is 26.7 Å². The zero-order chi connectivity index (χ0) is 16.9. The van der Waals surface area contributed by atoms with Crippen LogP contribution in [-0.4, -0.2) is 22.3 Å². The van der Waals surface area contributed by atoms with Gasteiger partial charge in [0.15, 0.2) is 0 Å². The standard InChI is InChI=1S/C20H20BrNO2/c1-14(20(23)9-4-15-3-2-10-22-13-15)24-19-8-6-16-11-18(21)7-5-17(16)12-19/h2-3,5-8,10-14,20,23H,4,9H2,1H3/t14?,20-/m1/s1. The van der Waals surface area contributed by atoms with Gasteiger partial charge in [0, 0.05) is 16.9 Å². The number of rotatable bonds is 6. The van der Waals surface area contributed by atoms with Crippen LogP contribution < -0.4 is 4.74 Å². The predicted octanol–water partition coefficient (Wildman–Crippen LogP) is 4.76. The molecule has 24 heavy (non-hydrogen) atoms. The number of aliphatic hydroxyl groups excluding tert-OH is 1. The van der Waals surface area contributed by atoms with Gasteiger partial charge in [-0.1, -0.05) is 34.1 Å². The third-order valence-electron chi connectivity index (χ3n) is 4.09. The topological polar surface area (TPSA) is 42.4 Å². The van der Waals surface area contributed by atoms with Crippen LogP contribution in [0.3, 0.4) is 0 Å². The summed E-state index contributed by atoms with van der Waals surface area (Å²) in [5.74, 6) is 0.776. The van der Waals surface area contributed by atoms with E-state index in [1.165, 1.54) is 0 Å². The molecule has 0 amide bonds. The van der Waals surface area contributed by atoms with Crippen LogP contribution in [0, 0.1) is 0 Å². The lowest BCUT2D eigenvalue weighted by molar-refractivity contribution is 0.0421. The van der Waals surface area contributed by atoms with Gasteiger partial charge in [-0.05, 0) is 66.4 Å². The van der Waals surface area contributed by atoms with E-state index in [1.54, 1.807) is 6.20 Å². The maximum absolute atomic E-state index is 10.3. The molecule has 0 aliphatic rings. The smallest absolute Gasteiger partial charge is 0.122 e. The maximum atomic E-state index is 10.3. The Labute approximate surface area is 150 Å². The highest BCUT2D eigenvalue weighted by molar-refractivity contribution is 9.10. The number of aryl methyl sites for hydroxylation is 1. The summed E-state index contributed by atoms with van der Waals surface area (Å²) in [5, 5.41) is 12.6. The molecule has 0 spiro atoms. The molecule has 4 heteroatoms. The van der Waals surface area contributed by atoms with E-state index in [2.05, 4.69) is 33.0 Å². The summed E-state index contributed by atoms with van der Waals surface area (Å²) in [7, 11) is 0. The fourth-order valence-electron chi connectivity index (χ4n) is 2.66. The first kappa shape index (κ1) is 16.9. The summed E-state index contributed by atoms with van der Waals surface area (Å²) >= 11 is 3.48. The van der Waals surface area contributed by atoms with E-state index in [0.29, 0.717) is 6.42 Å². The summed E-state index contributed by atoms with van der Waals surface area (Å²) in [5.41, 5.74) is 1.13. The van der Waals surface area contributed by atoms with Gasteiger partial charge in [-0.25, -0.2) is 0 Å². The number of ether oxygens (including phenoxy) is 1. The van der Waals surface area contributed by atoms with Crippen LogP contribution in [-0.2, 0) is 6.42 Å². The predicted molar refractivity (Wildman–Crippen MR) is 100 cm³/mol. The SMILES string of the molecule is CC(Oc1ccc2cc(Br)ccc2c1)[C@H](O)CCc1cccnc1. The zero-order valence-corrected chi connectivity index (χ0v) is 15.1. The Morgan fingerprint density at radius 3 is 2.71 bits per heavy atom. The van der Waals surface area contributed by atoms with E-state index in [-0.39, 0.29) is 6.10 Å². The van der Waals surface area contributed by atoms with Gasteiger partial charge in [0.2, 0.25) is 0 Å². The normalized spacial score (nSPS) is 13.6. The average Bonchev–Trinajstić information content (AvgIpc) is 2.60. The van der Waals surface area contributed by atoms with Gasteiger partial charge >= 0.3 is 0 Å². The van der Waals surface area contributed by atoms with E-state index in [4.69, 9.17) is 4.74 Å². The highest BCUT2D eigenvalue weighted by Gasteiger charge is 2.16. The summed E-state index contributed by atoms with van der Waals surface area (Å²) in [4.78, 5) is 4.09. The molecular formula is C20H20BrNO2. The van der Waals surface area contributed by atoms with Crippen molar-refractivity contribution in [2.45, 2.75) is 32.0 Å². The maximum Gasteiger partial charge on any atom is 0.122 e. The number of hydrogen-bond acceptors (Lipinski definition) is 3. The molecule has 3 nitrogen and oxygen atoms in total. The van der Waals surface area contributed by atoms with Crippen LogP contribution in [0.5, 0.6) is 5.75 Å². The number of halogens is 1. The highest BCUT2D eigenvalue weighted by atomic mass is 79.9. The van der Waals surface area contributed by atoms with Crippen molar-refractivity contribution in [2.24, 2.45) is 0 Å². The summed E-state index contributed by atoms with van der Waals surface area (Å²) < 4.78 is 6.98. The molecule has 1 aromatic heterocycles. The molecule has 0 saturated heterocycles. The van der Waals surface area contributed by atoms with Crippen LogP contribution in [0.2, 0.25) is 0 Å². The molecule has 3 rings (SSSR count). The first-order chi connectivity index (χ1) is 11.6. The van der Waals surface area contributed by atoms with Gasteiger partial charge in [-0.2, -0.15) is 0 Å². The molecule has 0 fully saturated rings. The Kier molecular flexibility index (Phi) is 5.48. The highest BCUT2D eigenvalue weighted by Crippen LogP contribution is 2.25. The van der Waals surface area contributed by atoms with Crippen molar-refractivity contribution in [3.05, 3.63) is 71.0 Å². The summed E-state index contributed by atoms with van der Waals surface area (Å²) in [6.45, 7) is 1.90. The van der Waals surface area contributed by atoms with E-state index in [9.17, 15) is 5.11 Å². The van der Waals surface area contributed by atoms with Crippen LogP contribution in [0.1, 0.15) is 18.9 Å². The Hall–Kier alpha value is -1.91. The Balaban J connectivity index is 1.61. The first-order valence-corrected chi connectivity index (χ1v) is 8.84. The number of aliphatic hydroxyl groups is 1. The molecule has 0 aliphatic carbocycles. The molecule has 1 N–H and O–H groups in total. The molecule has 2 aromatic carbocycles. The Morgan fingerprint density at radius 1 is 1.12 bits per heavy atom. The molecule has 0 saturated carbocycles. The first-order valence-electron chi connectivity index (χ1n) is 8.05. The van der Waals surface area contributed by atoms with Crippen LogP contribution in [0.25, 0.3) is 10.8 Å². The third-order valence-corrected chi connectivity index (χ3v) is 4.58. The molecule has 0 aliphatic heterocycles. The van der Waals surface area contributed by atoms with Crippen molar-refractivity contribution in [1.29, 1.82) is 0 Å². The number of fused-ring (bicyclic) bond motifs is 1. The van der Waals surface area contributed by atoms with Crippen LogP contribution >= 0.6 is 15.9 Å². The van der Waals surface area contributed by atoms with E-state index < -0.39 is 6.10 Å². The molecule has 2 atom stereocenters. The van der Waals surface area contributed by atoms with E-state index >= 15 is 0 Å². The minimum Gasteiger partial charge on any atom is -0.488 e. The van der Waals surface area contributed by atoms with Gasteiger partial charge in [0.05, 0.1) is 6.10 Å². The van der Waals surface area contributed by atoms with Crippen LogP contribution in [0.4, 0.5) is 0 Å². The summed E-state index contributed by atoms with van der Waals surface area (Å²) in [6.07, 6.45) is 4.23. The lowest BCUT2D eigenvalue weighted by Gasteiger charge is -2.21. The fraction of sp³-hybridized carbons (Fsp3) is 0.250. The van der Waals surface area contributed by atoms with Crippen molar-refractivity contribution in [2.75, 3.05) is 0 Å². The third kappa shape index (κ3) is 4.34. The quantitative estimate of drug-likeness (QED) is 0.664. The van der Waals surface area contributed by atoms with Crippen molar-refractivity contribution in [1.82, 2.24) is 4.98 Å². The molecule has 0 radical (unpaired) electrons. The average molecular weight is 386 g/mol. The van der Waals surface area contributed by atoms with Gasteiger partial charge < -0.3 is 9.84 Å². The van der Waals surface area contributed by atoms with Crippen molar-refractivity contribution < 1.29 is 9.84 Å². The Morgan fingerprint density at radius 2 is 1.92 bits per heavy atom. The molecular weight excluding hydrogens is 366 g/mol. The molecule has 3 aromatic rings. The monoisotopic (exact) mass is 385 g/mol. The van der Waals surface area contributed by atoms with Gasteiger partial charge in [0.25, 0.3) is 0 Å². The second-order valence-electron chi connectivity index (χ2n) is 5.94. The molecule has 0 bridgehead atoms. The van der Waals surface area contributed by atoms with Gasteiger partial charge in [-0.3, -0.25) is 4.98 Å². The number of aromatic nitrogens is 1. The second-order valence-corrected chi connectivity index (χ2v) is 6.86. The van der Waals surface area contributed by atoms with Crippen molar-refractivity contribution in [3.8, 4) is 5.75 Å². The van der Waals surface area contributed by atoms with Crippen molar-refractivity contribution in [3.63, 3.8) is 0 Å². The number of hydrogen-bond donors (Lipinski definition) is 1. The zero-order valence-electron chi connectivity index (χ0n) is 13.5. The van der Waals surface area contributed by atoms with Gasteiger partial charge in [0.1, 0.15) is 11.9 Å². The number of benzene rings is 2. The van der Waals surface area contributed by atoms with Crippen LogP contribution in [0.15, 0.2) is 65.4 Å². The lowest BCUT2D eigenvalue weighted by Crippen LogP contribution is -2.29. The van der Waals surface area contributed by atoms with Gasteiger partial charge in [-0.15, -0.1) is 0 Å². The Bertz CT molecular complexity index is 807.